The summed E-state index contributed by atoms with van der Waals surface area (Å²) in [5, 5.41) is 3.97. The van der Waals surface area contributed by atoms with Crippen LogP contribution in [-0.2, 0) is 14.3 Å². The average Bonchev–Trinajstić information content (AvgIpc) is 2.77. The molecule has 32 heavy (non-hydrogen) atoms. The number of benzene rings is 1. The number of unbranched alkanes of at least 4 members (excludes halogenated alkanes) is 2. The molecular weight excluding hydrogens is 422 g/mol. The SMILES string of the molecule is CCCCCC(=O)Nc1cccc(C2C(C(=O)OCC(C)C)=C(C)N=C3SCCCN32)c1. The van der Waals surface area contributed by atoms with Crippen molar-refractivity contribution in [3.05, 3.63) is 41.1 Å². The van der Waals surface area contributed by atoms with Crippen molar-refractivity contribution >= 4 is 34.5 Å². The van der Waals surface area contributed by atoms with Gasteiger partial charge in [-0.3, -0.25) is 4.79 Å². The number of thioether (sulfide) groups is 1. The molecule has 7 heteroatoms. The average molecular weight is 458 g/mol. The maximum absolute atomic E-state index is 13.1. The molecule has 1 N–H and O–H groups in total. The Bertz CT molecular complexity index is 894. The van der Waals surface area contributed by atoms with E-state index in [2.05, 4.69) is 17.1 Å². The van der Waals surface area contributed by atoms with Gasteiger partial charge in [-0.25, -0.2) is 9.79 Å². The largest absolute Gasteiger partial charge is 0.462 e. The number of allylic oxidation sites excluding steroid dienone is 1. The Hall–Kier alpha value is -2.28. The first kappa shape index (κ1) is 24.4. The molecule has 0 radical (unpaired) electrons. The van der Waals surface area contributed by atoms with Crippen LogP contribution in [-0.4, -0.2) is 40.8 Å². The lowest BCUT2D eigenvalue weighted by molar-refractivity contribution is -0.141. The van der Waals surface area contributed by atoms with Crippen LogP contribution >= 0.6 is 11.8 Å². The Morgan fingerprint density at radius 3 is 2.88 bits per heavy atom. The third kappa shape index (κ3) is 6.15. The smallest absolute Gasteiger partial charge is 0.338 e. The zero-order chi connectivity index (χ0) is 23.1. The molecule has 3 rings (SSSR count). The van der Waals surface area contributed by atoms with Crippen molar-refractivity contribution in [2.45, 2.75) is 65.8 Å². The topological polar surface area (TPSA) is 71.0 Å². The summed E-state index contributed by atoms with van der Waals surface area (Å²) in [7, 11) is 0. The second-order valence-corrected chi connectivity index (χ2v) is 9.88. The number of amides is 1. The Morgan fingerprint density at radius 2 is 2.12 bits per heavy atom. The molecule has 1 fully saturated rings. The van der Waals surface area contributed by atoms with Gasteiger partial charge in [0.15, 0.2) is 5.17 Å². The summed E-state index contributed by atoms with van der Waals surface area (Å²) >= 11 is 1.73. The number of rotatable bonds is 9. The van der Waals surface area contributed by atoms with Crippen LogP contribution in [0, 0.1) is 5.92 Å². The highest BCUT2D eigenvalue weighted by Crippen LogP contribution is 2.40. The number of nitrogens with zero attached hydrogens (tertiary/aromatic N) is 2. The summed E-state index contributed by atoms with van der Waals surface area (Å²) in [6, 6.07) is 7.56. The van der Waals surface area contributed by atoms with Crippen molar-refractivity contribution in [2.75, 3.05) is 24.2 Å². The van der Waals surface area contributed by atoms with Gasteiger partial charge in [0.2, 0.25) is 5.91 Å². The van der Waals surface area contributed by atoms with Crippen LogP contribution in [0.3, 0.4) is 0 Å². The molecule has 0 saturated carbocycles. The summed E-state index contributed by atoms with van der Waals surface area (Å²) in [6.45, 7) is 9.27. The fourth-order valence-corrected chi connectivity index (χ4v) is 4.96. The lowest BCUT2D eigenvalue weighted by Crippen LogP contribution is -2.42. The quantitative estimate of drug-likeness (QED) is 0.390. The van der Waals surface area contributed by atoms with Crippen LogP contribution < -0.4 is 5.32 Å². The molecular formula is C25H35N3O3S. The minimum Gasteiger partial charge on any atom is -0.462 e. The molecule has 2 heterocycles. The van der Waals surface area contributed by atoms with Crippen LogP contribution in [0.4, 0.5) is 5.69 Å². The highest BCUT2D eigenvalue weighted by Gasteiger charge is 2.38. The number of esters is 1. The standard InChI is InChI=1S/C25H35N3O3S/c1-5-6-7-12-21(29)27-20-11-8-10-19(15-20)23-22(24(30)31-16-17(2)3)18(4)26-25-28(23)13-9-14-32-25/h8,10-11,15,17,23H,5-7,9,12-14,16H2,1-4H3,(H,27,29). The van der Waals surface area contributed by atoms with Gasteiger partial charge >= 0.3 is 5.97 Å². The van der Waals surface area contributed by atoms with Crippen molar-refractivity contribution in [1.29, 1.82) is 0 Å². The van der Waals surface area contributed by atoms with E-state index in [4.69, 9.17) is 9.73 Å². The van der Waals surface area contributed by atoms with E-state index >= 15 is 0 Å². The van der Waals surface area contributed by atoms with Gasteiger partial charge < -0.3 is 15.0 Å². The second kappa shape index (κ2) is 11.5. The molecule has 1 saturated heterocycles. The van der Waals surface area contributed by atoms with E-state index in [0.717, 1.165) is 54.4 Å². The van der Waals surface area contributed by atoms with E-state index in [0.29, 0.717) is 24.3 Å². The normalized spacial score (nSPS) is 18.3. The highest BCUT2D eigenvalue weighted by molar-refractivity contribution is 8.13. The van der Waals surface area contributed by atoms with Crippen LogP contribution in [0.15, 0.2) is 40.5 Å². The Morgan fingerprint density at radius 1 is 1.31 bits per heavy atom. The maximum Gasteiger partial charge on any atom is 0.338 e. The number of hydrogen-bond acceptors (Lipinski definition) is 6. The number of carbonyl (C=O) groups is 2. The van der Waals surface area contributed by atoms with E-state index in [1.165, 1.54) is 0 Å². The second-order valence-electron chi connectivity index (χ2n) is 8.81. The van der Waals surface area contributed by atoms with E-state index in [-0.39, 0.29) is 23.8 Å². The van der Waals surface area contributed by atoms with Crippen LogP contribution in [0.5, 0.6) is 0 Å². The maximum atomic E-state index is 13.1. The molecule has 174 valence electrons. The summed E-state index contributed by atoms with van der Waals surface area (Å²) in [4.78, 5) is 32.4. The number of carbonyl (C=O) groups excluding carboxylic acids is 2. The number of amidine groups is 1. The van der Waals surface area contributed by atoms with E-state index in [9.17, 15) is 9.59 Å². The highest BCUT2D eigenvalue weighted by atomic mass is 32.2. The zero-order valence-electron chi connectivity index (χ0n) is 19.6. The Labute approximate surface area is 195 Å². The van der Waals surface area contributed by atoms with Gasteiger partial charge in [-0.2, -0.15) is 0 Å². The molecule has 0 aromatic heterocycles. The molecule has 1 unspecified atom stereocenters. The van der Waals surface area contributed by atoms with Crippen molar-refractivity contribution in [1.82, 2.24) is 4.90 Å². The van der Waals surface area contributed by atoms with Gasteiger partial charge in [0.25, 0.3) is 0 Å². The minimum atomic E-state index is -0.312. The van der Waals surface area contributed by atoms with Crippen LogP contribution in [0.2, 0.25) is 0 Å². The third-order valence-corrected chi connectivity index (χ3v) is 6.60. The van der Waals surface area contributed by atoms with E-state index in [1.807, 2.05) is 45.0 Å². The Kier molecular flexibility index (Phi) is 8.79. The summed E-state index contributed by atoms with van der Waals surface area (Å²) < 4.78 is 5.63. The van der Waals surface area contributed by atoms with E-state index in [1.54, 1.807) is 11.8 Å². The molecule has 2 aliphatic heterocycles. The van der Waals surface area contributed by atoms with Crippen molar-refractivity contribution in [2.24, 2.45) is 10.9 Å². The molecule has 0 spiro atoms. The first-order valence-electron chi connectivity index (χ1n) is 11.7. The van der Waals surface area contributed by atoms with Crippen LogP contribution in [0.25, 0.3) is 0 Å². The van der Waals surface area contributed by atoms with Crippen LogP contribution in [0.1, 0.15) is 71.4 Å². The predicted octanol–water partition coefficient (Wildman–Crippen LogP) is 5.53. The summed E-state index contributed by atoms with van der Waals surface area (Å²) in [5.74, 6) is 1.00. The first-order valence-corrected chi connectivity index (χ1v) is 12.6. The molecule has 0 aliphatic carbocycles. The molecule has 1 amide bonds. The molecule has 1 aromatic rings. The lowest BCUT2D eigenvalue weighted by atomic mass is 9.94. The van der Waals surface area contributed by atoms with Gasteiger partial charge in [-0.15, -0.1) is 0 Å². The number of anilines is 1. The predicted molar refractivity (Wildman–Crippen MR) is 132 cm³/mol. The van der Waals surface area contributed by atoms with Gasteiger partial charge in [0, 0.05) is 24.4 Å². The lowest BCUT2D eigenvalue weighted by Gasteiger charge is -2.40. The fourth-order valence-electron chi connectivity index (χ4n) is 3.94. The summed E-state index contributed by atoms with van der Waals surface area (Å²) in [5.41, 5.74) is 3.01. The first-order chi connectivity index (χ1) is 15.4. The molecule has 1 aromatic carbocycles. The number of fused-ring (bicyclic) bond motifs is 1. The minimum absolute atomic E-state index is 0.0262. The number of aliphatic imine (C=N–C) groups is 1. The third-order valence-electron chi connectivity index (χ3n) is 5.52. The fraction of sp³-hybridized carbons (Fsp3) is 0.560. The van der Waals surface area contributed by atoms with Gasteiger partial charge in [-0.1, -0.05) is 57.5 Å². The summed E-state index contributed by atoms with van der Waals surface area (Å²) in [6.07, 6.45) is 4.58. The molecule has 6 nitrogen and oxygen atoms in total. The van der Waals surface area contributed by atoms with Crippen molar-refractivity contribution in [3.63, 3.8) is 0 Å². The van der Waals surface area contributed by atoms with Gasteiger partial charge in [0.1, 0.15) is 0 Å². The Balaban J connectivity index is 1.89. The monoisotopic (exact) mass is 457 g/mol. The van der Waals surface area contributed by atoms with Crippen molar-refractivity contribution < 1.29 is 14.3 Å². The van der Waals surface area contributed by atoms with Crippen molar-refractivity contribution in [3.8, 4) is 0 Å². The molecule has 0 bridgehead atoms. The number of nitrogens with one attached hydrogen (secondary N) is 1. The number of ether oxygens (including phenoxy) is 1. The van der Waals surface area contributed by atoms with E-state index < -0.39 is 0 Å². The molecule has 2 aliphatic rings. The zero-order valence-corrected chi connectivity index (χ0v) is 20.5. The van der Waals surface area contributed by atoms with Gasteiger partial charge in [0.05, 0.1) is 23.9 Å². The molecule has 1 atom stereocenters. The number of hydrogen-bond donors (Lipinski definition) is 1. The van der Waals surface area contributed by atoms with Gasteiger partial charge in [-0.05, 0) is 43.4 Å².